The van der Waals surface area contributed by atoms with Gasteiger partial charge < -0.3 is 18.9 Å². The highest BCUT2D eigenvalue weighted by atomic mass is 16.7. The predicted octanol–water partition coefficient (Wildman–Crippen LogP) is 2.01. The SMILES string of the molecule is C=C(C)C(=O)OCC(=O)OC(OC(=O)COC(=O)C(=C)C)c1ccccc1. The number of hydrogen-bond acceptors (Lipinski definition) is 8. The quantitative estimate of drug-likeness (QED) is 0.279. The number of carbonyl (C=O) groups is 4. The summed E-state index contributed by atoms with van der Waals surface area (Å²) >= 11 is 0. The van der Waals surface area contributed by atoms with E-state index in [1.807, 2.05) is 0 Å². The molecule has 0 fully saturated rings. The molecule has 0 saturated carbocycles. The second-order valence-corrected chi connectivity index (χ2v) is 5.44. The number of ether oxygens (including phenoxy) is 4. The van der Waals surface area contributed by atoms with Crippen molar-refractivity contribution in [3.63, 3.8) is 0 Å². The van der Waals surface area contributed by atoms with E-state index in [1.165, 1.54) is 13.8 Å². The Kier molecular flexibility index (Phi) is 8.44. The predicted molar refractivity (Wildman–Crippen MR) is 92.9 cm³/mol. The Labute approximate surface area is 156 Å². The van der Waals surface area contributed by atoms with Gasteiger partial charge in [0.25, 0.3) is 6.29 Å². The summed E-state index contributed by atoms with van der Waals surface area (Å²) in [4.78, 5) is 46.4. The molecule has 0 aliphatic rings. The Balaban J connectivity index is 2.71. The molecule has 1 rings (SSSR count). The molecular formula is C19H20O8. The van der Waals surface area contributed by atoms with E-state index in [0.717, 1.165) is 0 Å². The molecule has 144 valence electrons. The van der Waals surface area contributed by atoms with Crippen molar-refractivity contribution in [1.82, 2.24) is 0 Å². The molecular weight excluding hydrogens is 356 g/mol. The van der Waals surface area contributed by atoms with Crippen molar-refractivity contribution in [1.29, 1.82) is 0 Å². The molecule has 1 aromatic carbocycles. The molecule has 8 nitrogen and oxygen atoms in total. The molecule has 0 saturated heterocycles. The largest absolute Gasteiger partial charge is 0.450 e. The minimum Gasteiger partial charge on any atom is -0.450 e. The second kappa shape index (κ2) is 10.5. The first kappa shape index (κ1) is 21.6. The van der Waals surface area contributed by atoms with Gasteiger partial charge in [-0.05, 0) is 13.8 Å². The van der Waals surface area contributed by atoms with Gasteiger partial charge in [0.1, 0.15) is 0 Å². The van der Waals surface area contributed by atoms with Crippen LogP contribution in [0.1, 0.15) is 25.7 Å². The monoisotopic (exact) mass is 376 g/mol. The van der Waals surface area contributed by atoms with Crippen LogP contribution in [-0.2, 0) is 38.1 Å². The van der Waals surface area contributed by atoms with E-state index in [0.29, 0.717) is 5.56 Å². The molecule has 0 amide bonds. The molecule has 0 spiro atoms. The van der Waals surface area contributed by atoms with E-state index < -0.39 is 43.4 Å². The summed E-state index contributed by atoms with van der Waals surface area (Å²) in [6.07, 6.45) is -1.40. The Hall–Kier alpha value is -3.42. The fourth-order valence-electron chi connectivity index (χ4n) is 1.57. The lowest BCUT2D eigenvalue weighted by molar-refractivity contribution is -0.196. The summed E-state index contributed by atoms with van der Waals surface area (Å²) in [5.41, 5.74) is 0.595. The highest BCUT2D eigenvalue weighted by Crippen LogP contribution is 2.19. The van der Waals surface area contributed by atoms with Gasteiger partial charge in [-0.1, -0.05) is 43.5 Å². The summed E-state index contributed by atoms with van der Waals surface area (Å²) in [5, 5.41) is 0. The maximum atomic E-state index is 11.9. The summed E-state index contributed by atoms with van der Waals surface area (Å²) in [6.45, 7) is 8.25. The molecule has 0 aliphatic carbocycles. The van der Waals surface area contributed by atoms with Gasteiger partial charge in [-0.3, -0.25) is 0 Å². The molecule has 0 heterocycles. The molecule has 0 atom stereocenters. The average Bonchev–Trinajstić information content (AvgIpc) is 2.64. The lowest BCUT2D eigenvalue weighted by Gasteiger charge is -2.18. The van der Waals surface area contributed by atoms with Crippen LogP contribution in [-0.4, -0.2) is 37.1 Å². The Morgan fingerprint density at radius 3 is 1.59 bits per heavy atom. The van der Waals surface area contributed by atoms with Gasteiger partial charge in [-0.15, -0.1) is 0 Å². The second-order valence-electron chi connectivity index (χ2n) is 5.44. The Bertz CT molecular complexity index is 691. The zero-order valence-corrected chi connectivity index (χ0v) is 15.1. The molecule has 8 heteroatoms. The minimum absolute atomic E-state index is 0.119. The van der Waals surface area contributed by atoms with Gasteiger partial charge in [-0.25, -0.2) is 19.2 Å². The summed E-state index contributed by atoms with van der Waals surface area (Å²) < 4.78 is 19.4. The van der Waals surface area contributed by atoms with Crippen LogP contribution >= 0.6 is 0 Å². The maximum Gasteiger partial charge on any atom is 0.347 e. The van der Waals surface area contributed by atoms with Crippen LogP contribution in [0.2, 0.25) is 0 Å². The van der Waals surface area contributed by atoms with Crippen LogP contribution < -0.4 is 0 Å². The number of hydrogen-bond donors (Lipinski definition) is 0. The zero-order chi connectivity index (χ0) is 20.4. The number of benzene rings is 1. The van der Waals surface area contributed by atoms with E-state index in [-0.39, 0.29) is 11.1 Å². The number of carbonyl (C=O) groups excluding carboxylic acids is 4. The Morgan fingerprint density at radius 2 is 1.22 bits per heavy atom. The lowest BCUT2D eigenvalue weighted by atomic mass is 10.2. The first-order chi connectivity index (χ1) is 12.7. The van der Waals surface area contributed by atoms with Gasteiger partial charge >= 0.3 is 23.9 Å². The van der Waals surface area contributed by atoms with Gasteiger partial charge in [-0.2, -0.15) is 0 Å². The number of rotatable bonds is 9. The van der Waals surface area contributed by atoms with Crippen LogP contribution in [0.15, 0.2) is 54.6 Å². The third-order valence-electron chi connectivity index (χ3n) is 2.89. The van der Waals surface area contributed by atoms with Gasteiger partial charge in [0.05, 0.1) is 0 Å². The molecule has 0 bridgehead atoms. The fraction of sp³-hybridized carbons (Fsp3) is 0.263. The molecule has 0 unspecified atom stereocenters. The first-order valence-corrected chi connectivity index (χ1v) is 7.80. The van der Waals surface area contributed by atoms with Crippen LogP contribution in [0, 0.1) is 0 Å². The highest BCUT2D eigenvalue weighted by Gasteiger charge is 2.23. The summed E-state index contributed by atoms with van der Waals surface area (Å²) in [6, 6.07) is 8.13. The van der Waals surface area contributed by atoms with Gasteiger partial charge in [0, 0.05) is 16.7 Å². The van der Waals surface area contributed by atoms with Crippen molar-refractivity contribution in [2.24, 2.45) is 0 Å². The molecule has 0 aromatic heterocycles. The van der Waals surface area contributed by atoms with E-state index >= 15 is 0 Å². The van der Waals surface area contributed by atoms with Crippen molar-refractivity contribution in [3.8, 4) is 0 Å². The van der Waals surface area contributed by atoms with Crippen molar-refractivity contribution >= 4 is 23.9 Å². The first-order valence-electron chi connectivity index (χ1n) is 7.80. The van der Waals surface area contributed by atoms with Gasteiger partial charge in [0.15, 0.2) is 13.2 Å². The van der Waals surface area contributed by atoms with Crippen molar-refractivity contribution in [2.45, 2.75) is 20.1 Å². The van der Waals surface area contributed by atoms with Crippen molar-refractivity contribution in [2.75, 3.05) is 13.2 Å². The molecule has 0 aliphatic heterocycles. The van der Waals surface area contributed by atoms with Crippen molar-refractivity contribution < 1.29 is 38.1 Å². The lowest BCUT2D eigenvalue weighted by Crippen LogP contribution is -2.24. The normalized spacial score (nSPS) is 9.89. The van der Waals surface area contributed by atoms with E-state index in [2.05, 4.69) is 22.6 Å². The van der Waals surface area contributed by atoms with E-state index in [1.54, 1.807) is 30.3 Å². The summed E-state index contributed by atoms with van der Waals surface area (Å²) in [7, 11) is 0. The standard InChI is InChI=1S/C19H20O8/c1-12(2)17(22)24-10-15(20)26-19(14-8-6-5-7-9-14)27-16(21)11-25-18(23)13(3)4/h5-9,19H,1,3,10-11H2,2,4H3. The third-order valence-corrected chi connectivity index (χ3v) is 2.89. The Morgan fingerprint density at radius 1 is 0.815 bits per heavy atom. The van der Waals surface area contributed by atoms with Gasteiger partial charge in [0.2, 0.25) is 0 Å². The molecule has 0 radical (unpaired) electrons. The fourth-order valence-corrected chi connectivity index (χ4v) is 1.57. The highest BCUT2D eigenvalue weighted by molar-refractivity contribution is 5.89. The van der Waals surface area contributed by atoms with E-state index in [4.69, 9.17) is 9.47 Å². The zero-order valence-electron chi connectivity index (χ0n) is 15.1. The molecule has 1 aromatic rings. The average molecular weight is 376 g/mol. The van der Waals surface area contributed by atoms with E-state index in [9.17, 15) is 19.2 Å². The molecule has 27 heavy (non-hydrogen) atoms. The van der Waals surface area contributed by atoms with Crippen LogP contribution in [0.25, 0.3) is 0 Å². The van der Waals surface area contributed by atoms with Crippen LogP contribution in [0.3, 0.4) is 0 Å². The third kappa shape index (κ3) is 8.00. The number of esters is 4. The van der Waals surface area contributed by atoms with Crippen molar-refractivity contribution in [3.05, 3.63) is 60.2 Å². The van der Waals surface area contributed by atoms with Crippen LogP contribution in [0.4, 0.5) is 0 Å². The topological polar surface area (TPSA) is 105 Å². The smallest absolute Gasteiger partial charge is 0.347 e. The maximum absolute atomic E-state index is 11.9. The summed E-state index contributed by atoms with van der Waals surface area (Å²) in [5.74, 6) is -3.39. The minimum atomic E-state index is -1.40. The molecule has 0 N–H and O–H groups in total. The van der Waals surface area contributed by atoms with Crippen LogP contribution in [0.5, 0.6) is 0 Å².